The summed E-state index contributed by atoms with van der Waals surface area (Å²) in [6.45, 7) is 2.33. The van der Waals surface area contributed by atoms with Gasteiger partial charge in [-0.25, -0.2) is 0 Å². The predicted octanol–water partition coefficient (Wildman–Crippen LogP) is 2.09. The van der Waals surface area contributed by atoms with Gasteiger partial charge in [0, 0.05) is 13.0 Å². The fraction of sp³-hybridized carbons (Fsp3) is 0.500. The summed E-state index contributed by atoms with van der Waals surface area (Å²) < 4.78 is 10.5. The van der Waals surface area contributed by atoms with Gasteiger partial charge in [0.2, 0.25) is 5.91 Å². The van der Waals surface area contributed by atoms with Gasteiger partial charge in [-0.2, -0.15) is 0 Å². The average molecular weight is 307 g/mol. The molecule has 6 heteroatoms. The first-order valence-corrected chi connectivity index (χ1v) is 7.27. The maximum atomic E-state index is 12.1. The monoisotopic (exact) mass is 307 g/mol. The van der Waals surface area contributed by atoms with Gasteiger partial charge in [0.05, 0.1) is 26.2 Å². The lowest BCUT2D eigenvalue weighted by Gasteiger charge is -2.39. The number of ether oxygens (including phenoxy) is 2. The second-order valence-electron chi connectivity index (χ2n) is 5.22. The van der Waals surface area contributed by atoms with Crippen LogP contribution >= 0.6 is 0 Å². The van der Waals surface area contributed by atoms with Crippen LogP contribution in [0.2, 0.25) is 0 Å². The molecule has 0 bridgehead atoms. The first-order chi connectivity index (χ1) is 10.5. The minimum atomic E-state index is -0.884. The van der Waals surface area contributed by atoms with Crippen LogP contribution in [-0.2, 0) is 9.59 Å². The number of carbonyl (C=O) groups is 2. The number of piperidine rings is 1. The van der Waals surface area contributed by atoms with Gasteiger partial charge in [0.15, 0.2) is 11.5 Å². The summed E-state index contributed by atoms with van der Waals surface area (Å²) in [6.07, 6.45) is 0.623. The van der Waals surface area contributed by atoms with E-state index in [2.05, 4.69) is 0 Å². The largest absolute Gasteiger partial charge is 0.493 e. The molecule has 2 rings (SSSR count). The average Bonchev–Trinajstić information content (AvgIpc) is 2.53. The number of aliphatic carboxylic acids is 1. The van der Waals surface area contributed by atoms with E-state index in [1.165, 1.54) is 7.11 Å². The van der Waals surface area contributed by atoms with Crippen molar-refractivity contribution in [3.05, 3.63) is 23.8 Å². The van der Waals surface area contributed by atoms with Gasteiger partial charge < -0.3 is 19.5 Å². The van der Waals surface area contributed by atoms with Crippen LogP contribution in [0, 0.1) is 5.92 Å². The van der Waals surface area contributed by atoms with Crippen LogP contribution < -0.4 is 9.47 Å². The Morgan fingerprint density at radius 3 is 2.55 bits per heavy atom. The Morgan fingerprint density at radius 1 is 1.32 bits per heavy atom. The van der Waals surface area contributed by atoms with Crippen molar-refractivity contribution in [3.63, 3.8) is 0 Å². The van der Waals surface area contributed by atoms with Crippen LogP contribution in [0.5, 0.6) is 11.5 Å². The number of likely N-dealkylation sites (tertiary alicyclic amines) is 1. The zero-order valence-electron chi connectivity index (χ0n) is 13.0. The fourth-order valence-corrected chi connectivity index (χ4v) is 3.03. The molecule has 0 unspecified atom stereocenters. The van der Waals surface area contributed by atoms with Gasteiger partial charge in [-0.1, -0.05) is 6.07 Å². The maximum Gasteiger partial charge on any atom is 0.308 e. The standard InChI is InChI=1S/C16H21NO5/c1-4-17-14(18)8-6-11(16(19)20)15(17)10-5-7-12(21-2)13(9-10)22-3/h5,7,9,11,15H,4,6,8H2,1-3H3,(H,19,20)/t11-,15+/m1/s1. The molecule has 6 nitrogen and oxygen atoms in total. The molecule has 1 aliphatic rings. The van der Waals surface area contributed by atoms with Gasteiger partial charge in [-0.15, -0.1) is 0 Å². The topological polar surface area (TPSA) is 76.1 Å². The van der Waals surface area contributed by atoms with E-state index in [4.69, 9.17) is 9.47 Å². The summed E-state index contributed by atoms with van der Waals surface area (Å²) in [5.41, 5.74) is 0.750. The van der Waals surface area contributed by atoms with Crippen molar-refractivity contribution in [3.8, 4) is 11.5 Å². The smallest absolute Gasteiger partial charge is 0.308 e. The molecule has 0 aliphatic carbocycles. The van der Waals surface area contributed by atoms with Crippen LogP contribution in [0.1, 0.15) is 31.4 Å². The van der Waals surface area contributed by atoms with Gasteiger partial charge in [-0.05, 0) is 31.0 Å². The lowest BCUT2D eigenvalue weighted by Crippen LogP contribution is -2.45. The Kier molecular flexibility index (Phi) is 4.90. The van der Waals surface area contributed by atoms with Gasteiger partial charge in [0.1, 0.15) is 0 Å². The number of rotatable bonds is 5. The van der Waals surface area contributed by atoms with E-state index in [9.17, 15) is 14.7 Å². The lowest BCUT2D eigenvalue weighted by atomic mass is 9.84. The molecule has 1 N–H and O–H groups in total. The predicted molar refractivity (Wildman–Crippen MR) is 80.0 cm³/mol. The number of carbonyl (C=O) groups excluding carboxylic acids is 1. The molecule has 0 saturated carbocycles. The molecule has 0 radical (unpaired) electrons. The first kappa shape index (κ1) is 16.1. The summed E-state index contributed by atoms with van der Waals surface area (Å²) in [5.74, 6) is -0.414. The minimum Gasteiger partial charge on any atom is -0.493 e. The number of carboxylic acids is 1. The van der Waals surface area contributed by atoms with Crippen molar-refractivity contribution in [1.82, 2.24) is 4.90 Å². The third-order valence-corrected chi connectivity index (χ3v) is 4.11. The Hall–Kier alpha value is -2.24. The van der Waals surface area contributed by atoms with Crippen LogP contribution in [-0.4, -0.2) is 42.6 Å². The third-order valence-electron chi connectivity index (χ3n) is 4.11. The van der Waals surface area contributed by atoms with Gasteiger partial charge in [-0.3, -0.25) is 9.59 Å². The second-order valence-corrected chi connectivity index (χ2v) is 5.22. The number of amides is 1. The van der Waals surface area contributed by atoms with Crippen LogP contribution in [0.25, 0.3) is 0 Å². The summed E-state index contributed by atoms with van der Waals surface area (Å²) >= 11 is 0. The quantitative estimate of drug-likeness (QED) is 0.901. The fourth-order valence-electron chi connectivity index (χ4n) is 3.03. The normalized spacial score (nSPS) is 21.6. The number of nitrogens with zero attached hydrogens (tertiary/aromatic N) is 1. The van der Waals surface area contributed by atoms with Crippen molar-refractivity contribution >= 4 is 11.9 Å². The number of methoxy groups -OCH3 is 2. The van der Waals surface area contributed by atoms with E-state index >= 15 is 0 Å². The van der Waals surface area contributed by atoms with Gasteiger partial charge in [0.25, 0.3) is 0 Å². The minimum absolute atomic E-state index is 0.0141. The molecule has 0 spiro atoms. The van der Waals surface area contributed by atoms with Crippen LogP contribution in [0.3, 0.4) is 0 Å². The van der Waals surface area contributed by atoms with Crippen LogP contribution in [0.4, 0.5) is 0 Å². The van der Waals surface area contributed by atoms with E-state index in [0.717, 1.165) is 5.56 Å². The van der Waals surface area contributed by atoms with Crippen molar-refractivity contribution < 1.29 is 24.2 Å². The molecular formula is C16H21NO5. The highest BCUT2D eigenvalue weighted by Crippen LogP contribution is 2.39. The number of benzene rings is 1. The molecule has 1 aromatic carbocycles. The lowest BCUT2D eigenvalue weighted by molar-refractivity contribution is -0.151. The summed E-state index contributed by atoms with van der Waals surface area (Å²) in [4.78, 5) is 25.4. The van der Waals surface area contributed by atoms with Crippen molar-refractivity contribution in [2.45, 2.75) is 25.8 Å². The Labute approximate surface area is 129 Å². The second kappa shape index (κ2) is 6.68. The Morgan fingerprint density at radius 2 is 2.00 bits per heavy atom. The highest BCUT2D eigenvalue weighted by atomic mass is 16.5. The first-order valence-electron chi connectivity index (χ1n) is 7.27. The maximum absolute atomic E-state index is 12.1. The molecule has 22 heavy (non-hydrogen) atoms. The Balaban J connectivity index is 2.47. The van der Waals surface area contributed by atoms with Crippen molar-refractivity contribution in [2.75, 3.05) is 20.8 Å². The summed E-state index contributed by atoms with van der Waals surface area (Å²) in [6, 6.07) is 4.80. The van der Waals surface area contributed by atoms with E-state index in [1.807, 2.05) is 6.92 Å². The highest BCUT2D eigenvalue weighted by Gasteiger charge is 2.40. The molecular weight excluding hydrogens is 286 g/mol. The summed E-state index contributed by atoms with van der Waals surface area (Å²) in [5, 5.41) is 9.50. The van der Waals surface area contributed by atoms with Crippen molar-refractivity contribution in [1.29, 1.82) is 0 Å². The van der Waals surface area contributed by atoms with E-state index in [-0.39, 0.29) is 12.3 Å². The molecule has 0 aromatic heterocycles. The van der Waals surface area contributed by atoms with Crippen LogP contribution in [0.15, 0.2) is 18.2 Å². The summed E-state index contributed by atoms with van der Waals surface area (Å²) in [7, 11) is 3.07. The third kappa shape index (κ3) is 2.86. The molecule has 120 valence electrons. The molecule has 1 aliphatic heterocycles. The molecule has 1 saturated heterocycles. The SMILES string of the molecule is CCN1C(=O)CC[C@@H](C(=O)O)[C@@H]1c1ccc(OC)c(OC)c1. The molecule has 1 heterocycles. The van der Waals surface area contributed by atoms with Gasteiger partial charge >= 0.3 is 5.97 Å². The Bertz CT molecular complexity index is 570. The number of carboxylic acid groups (broad SMARTS) is 1. The van der Waals surface area contributed by atoms with E-state index in [0.29, 0.717) is 24.5 Å². The highest BCUT2D eigenvalue weighted by molar-refractivity contribution is 5.81. The molecule has 1 fully saturated rings. The molecule has 1 aromatic rings. The molecule has 1 amide bonds. The number of hydrogen-bond acceptors (Lipinski definition) is 4. The zero-order chi connectivity index (χ0) is 16.3. The number of hydrogen-bond donors (Lipinski definition) is 1. The molecule has 2 atom stereocenters. The zero-order valence-corrected chi connectivity index (χ0v) is 13.0. The van der Waals surface area contributed by atoms with E-state index in [1.54, 1.807) is 30.2 Å². The van der Waals surface area contributed by atoms with E-state index < -0.39 is 17.9 Å². The van der Waals surface area contributed by atoms with Crippen molar-refractivity contribution in [2.24, 2.45) is 5.92 Å².